The number of hydrogen-bond donors (Lipinski definition) is 2. The first-order chi connectivity index (χ1) is 14.9. The Morgan fingerprint density at radius 2 is 2.00 bits per heavy atom. The highest BCUT2D eigenvalue weighted by atomic mass is 19.1. The largest absolute Gasteiger partial charge is 0.477 e. The van der Waals surface area contributed by atoms with E-state index in [-0.39, 0.29) is 19.4 Å². The molecule has 0 bridgehead atoms. The topological polar surface area (TPSA) is 101 Å². The van der Waals surface area contributed by atoms with Crippen LogP contribution in [0.4, 0.5) is 23.7 Å². The van der Waals surface area contributed by atoms with Crippen LogP contribution in [0.2, 0.25) is 0 Å². The summed E-state index contributed by atoms with van der Waals surface area (Å²) in [5, 5.41) is 11.3. The molecule has 1 amide bonds. The van der Waals surface area contributed by atoms with Gasteiger partial charge in [0.2, 0.25) is 5.43 Å². The van der Waals surface area contributed by atoms with Gasteiger partial charge >= 0.3 is 12.1 Å². The molecule has 11 heteroatoms. The number of aromatic carboxylic acids is 1. The highest BCUT2D eigenvalue weighted by molar-refractivity contribution is 5.94. The van der Waals surface area contributed by atoms with Crippen LogP contribution in [0, 0.1) is 11.6 Å². The fraction of sp³-hybridized carbons (Fsp3) is 0.381. The number of carbonyl (C=O) groups excluding carboxylic acids is 1. The van der Waals surface area contributed by atoms with Gasteiger partial charge in [0, 0.05) is 25.5 Å². The molecule has 1 atom stereocenters. The van der Waals surface area contributed by atoms with Crippen molar-refractivity contribution in [2.75, 3.05) is 18.0 Å². The summed E-state index contributed by atoms with van der Waals surface area (Å²) in [4.78, 5) is 37.1. The van der Waals surface area contributed by atoms with E-state index in [9.17, 15) is 28.3 Å². The van der Waals surface area contributed by atoms with Gasteiger partial charge in [-0.1, -0.05) is 0 Å². The maximum atomic E-state index is 15.4. The Hall–Kier alpha value is -3.50. The summed E-state index contributed by atoms with van der Waals surface area (Å²) in [6.45, 7) is 5.36. The second-order valence-corrected chi connectivity index (χ2v) is 8.35. The number of nitrogens with one attached hydrogen (secondary N) is 1. The fourth-order valence-electron chi connectivity index (χ4n) is 3.61. The van der Waals surface area contributed by atoms with Gasteiger partial charge in [-0.2, -0.15) is 0 Å². The van der Waals surface area contributed by atoms with Crippen LogP contribution in [-0.4, -0.2) is 46.5 Å². The average Bonchev–Trinajstić information content (AvgIpc) is 3.09. The lowest BCUT2D eigenvalue weighted by molar-refractivity contribution is 0.0508. The molecule has 1 aromatic heterocycles. The van der Waals surface area contributed by atoms with Crippen LogP contribution in [0.5, 0.6) is 0 Å². The molecule has 2 heterocycles. The molecule has 0 spiro atoms. The number of hydrogen-bond acceptors (Lipinski definition) is 5. The van der Waals surface area contributed by atoms with Gasteiger partial charge in [-0.25, -0.2) is 22.8 Å². The van der Waals surface area contributed by atoms with E-state index in [0.29, 0.717) is 6.42 Å². The van der Waals surface area contributed by atoms with Crippen LogP contribution in [0.15, 0.2) is 23.4 Å². The van der Waals surface area contributed by atoms with Crippen molar-refractivity contribution in [1.82, 2.24) is 9.88 Å². The molecule has 0 radical (unpaired) electrons. The van der Waals surface area contributed by atoms with E-state index in [1.165, 1.54) is 4.90 Å². The van der Waals surface area contributed by atoms with E-state index in [1.807, 2.05) is 0 Å². The number of pyridine rings is 1. The van der Waals surface area contributed by atoms with Crippen molar-refractivity contribution in [3.8, 4) is 0 Å². The first kappa shape index (κ1) is 23.2. The summed E-state index contributed by atoms with van der Waals surface area (Å²) in [6.07, 6.45) is 1.24. The normalized spacial score (nSPS) is 16.7. The Morgan fingerprint density at radius 1 is 1.31 bits per heavy atom. The number of amides is 1. The number of carboxylic acids is 1. The monoisotopic (exact) mass is 453 g/mol. The molecule has 1 unspecified atom stereocenters. The van der Waals surface area contributed by atoms with Crippen molar-refractivity contribution in [1.29, 1.82) is 0 Å². The fourth-order valence-corrected chi connectivity index (χ4v) is 3.61. The minimum absolute atomic E-state index is 0.0364. The number of rotatable bonds is 4. The number of carbonyl (C=O) groups is 2. The van der Waals surface area contributed by atoms with Gasteiger partial charge in [0.15, 0.2) is 5.82 Å². The molecule has 1 fully saturated rings. The molecule has 0 aliphatic carbocycles. The van der Waals surface area contributed by atoms with E-state index >= 15 is 4.39 Å². The Morgan fingerprint density at radius 3 is 2.59 bits per heavy atom. The second-order valence-electron chi connectivity index (χ2n) is 8.35. The summed E-state index contributed by atoms with van der Waals surface area (Å²) >= 11 is 0. The van der Waals surface area contributed by atoms with Crippen LogP contribution in [0.3, 0.4) is 0 Å². The number of nitrogens with zero attached hydrogens (tertiary/aromatic N) is 2. The zero-order valence-electron chi connectivity index (χ0n) is 17.6. The lowest BCUT2D eigenvalue weighted by Crippen LogP contribution is -2.40. The number of benzene rings is 1. The van der Waals surface area contributed by atoms with Crippen molar-refractivity contribution >= 4 is 34.9 Å². The Bertz CT molecular complexity index is 1170. The third kappa shape index (κ3) is 4.56. The zero-order chi connectivity index (χ0) is 23.8. The van der Waals surface area contributed by atoms with Crippen LogP contribution in [0.25, 0.3) is 17.1 Å². The summed E-state index contributed by atoms with van der Waals surface area (Å²) in [5.41, 5.74) is -3.49. The minimum Gasteiger partial charge on any atom is -0.477 e. The predicted molar refractivity (Wildman–Crippen MR) is 112 cm³/mol. The number of aromatic nitrogens is 1. The lowest BCUT2D eigenvalue weighted by Gasteiger charge is -2.23. The predicted octanol–water partition coefficient (Wildman–Crippen LogP) is 3.48. The molecule has 1 aliphatic rings. The van der Waals surface area contributed by atoms with Crippen molar-refractivity contribution < 1.29 is 32.6 Å². The molecule has 1 aromatic carbocycles. The van der Waals surface area contributed by atoms with Gasteiger partial charge in [0.1, 0.15) is 29.0 Å². The molecule has 32 heavy (non-hydrogen) atoms. The molecule has 3 rings (SSSR count). The molecular formula is C21H22F3N3O5. The number of ether oxygens (including phenoxy) is 1. The molecule has 172 valence electrons. The Labute approximate surface area is 180 Å². The van der Waals surface area contributed by atoms with Gasteiger partial charge in [-0.05, 0) is 33.3 Å². The Kier molecular flexibility index (Phi) is 6.20. The molecule has 2 N–H and O–H groups in total. The number of halogens is 3. The van der Waals surface area contributed by atoms with E-state index < -0.39 is 62.9 Å². The van der Waals surface area contributed by atoms with Crippen LogP contribution < -0.4 is 15.6 Å². The first-order valence-electron chi connectivity index (χ1n) is 9.74. The minimum atomic E-state index is -1.61. The van der Waals surface area contributed by atoms with Gasteiger partial charge in [-0.15, -0.1) is 0 Å². The zero-order valence-corrected chi connectivity index (χ0v) is 17.6. The summed E-state index contributed by atoms with van der Waals surface area (Å²) < 4.78 is 49.2. The maximum absolute atomic E-state index is 15.4. The van der Waals surface area contributed by atoms with Crippen LogP contribution in [-0.2, 0) is 4.74 Å². The quantitative estimate of drug-likeness (QED) is 0.735. The Balaban J connectivity index is 2.01. The second kappa shape index (κ2) is 8.56. The molecule has 2 aromatic rings. The third-order valence-electron chi connectivity index (χ3n) is 4.86. The van der Waals surface area contributed by atoms with Gasteiger partial charge in [0.25, 0.3) is 0 Å². The van der Waals surface area contributed by atoms with Gasteiger partial charge < -0.3 is 24.6 Å². The number of alkyl carbamates (subject to hydrolysis) is 1. The standard InChI is InChI=1S/C21H22F3N3O5/c1-21(2,3)32-20(31)25-11-4-6-26(9-11)17-14(23)8-12-16(15(17)24)27(7-5-22)10-13(18(12)28)19(29)30/h5,7-8,10-11H,4,6,9H2,1-3H3,(H,25,31)(H,29,30)/b7-5+. The van der Waals surface area contributed by atoms with Crippen molar-refractivity contribution in [2.24, 2.45) is 0 Å². The van der Waals surface area contributed by atoms with E-state index in [0.717, 1.165) is 23.0 Å². The lowest BCUT2D eigenvalue weighted by atomic mass is 10.1. The van der Waals surface area contributed by atoms with Gasteiger partial charge in [-0.3, -0.25) is 4.79 Å². The number of carboxylic acid groups (broad SMARTS) is 1. The van der Waals surface area contributed by atoms with E-state index in [4.69, 9.17) is 4.74 Å². The van der Waals surface area contributed by atoms with Crippen molar-refractivity contribution in [3.63, 3.8) is 0 Å². The average molecular weight is 453 g/mol. The first-order valence-corrected chi connectivity index (χ1v) is 9.74. The number of anilines is 1. The van der Waals surface area contributed by atoms with Crippen molar-refractivity contribution in [3.05, 3.63) is 46.0 Å². The van der Waals surface area contributed by atoms with Crippen LogP contribution >= 0.6 is 0 Å². The SMILES string of the molecule is CC(C)(C)OC(=O)NC1CCN(c2c(F)cc3c(=O)c(C(=O)O)cn(/C=C/F)c3c2F)C1. The third-order valence-corrected chi connectivity index (χ3v) is 4.86. The summed E-state index contributed by atoms with van der Waals surface area (Å²) in [6, 6.07) is 0.293. The number of fused-ring (bicyclic) bond motifs is 1. The van der Waals surface area contributed by atoms with E-state index in [2.05, 4.69) is 5.32 Å². The smallest absolute Gasteiger partial charge is 0.407 e. The molecule has 0 saturated carbocycles. The summed E-state index contributed by atoms with van der Waals surface area (Å²) in [5.74, 6) is -3.84. The maximum Gasteiger partial charge on any atom is 0.407 e. The van der Waals surface area contributed by atoms with Crippen LogP contribution in [0.1, 0.15) is 37.6 Å². The molecule has 8 nitrogen and oxygen atoms in total. The summed E-state index contributed by atoms with van der Waals surface area (Å²) in [7, 11) is 0. The molecule has 1 aliphatic heterocycles. The van der Waals surface area contributed by atoms with Gasteiger partial charge in [0.05, 0.1) is 16.9 Å². The molecular weight excluding hydrogens is 431 g/mol. The van der Waals surface area contributed by atoms with Crippen molar-refractivity contribution in [2.45, 2.75) is 38.8 Å². The van der Waals surface area contributed by atoms with E-state index in [1.54, 1.807) is 20.8 Å². The highest BCUT2D eigenvalue weighted by Gasteiger charge is 2.31. The molecule has 1 saturated heterocycles. The highest BCUT2D eigenvalue weighted by Crippen LogP contribution is 2.32.